The fourth-order valence-corrected chi connectivity index (χ4v) is 15.5. The first-order chi connectivity index (χ1) is 46.5. The number of phenolic OH excluding ortho intramolecular Hbond substituents is 1. The van der Waals surface area contributed by atoms with Gasteiger partial charge in [-0.15, -0.1) is 15.3 Å². The standard InChI is InChI=1S/C54H34N14O24S8/c55-43-42-22(15-40(99(87,88)89)44(43)66-64-23-1-4-25(5-2-23)94(72,73)74)16-41(100(90,91)92)45(46(42)69)67-65-38-17-24(3-14-39(38)98(84,85)86)68-93(70,71)26-6-10-30-34(18-26)51-57-47(30)56-48-31-11-7-27(95(75,76)77)19-35(31)52(58-48)59-49-32-12-8-28(96(78,79)80)20-36(32)53(60-49)61-50-33-13-9-29(97(81,82)83)21-37(33)54(62-50)63-51/h1-21,68-69H,55H2,(H,72,73,74)(H,75,76,77)(H,78,79,80)(H,81,82,83)(H,84,85,86)(H,87,88,89)(H,90,91,92)(H2,56,57,58,59,60,61,62,63). The molecule has 512 valence electrons. The number of azo groups is 2. The molecule has 11 aromatic rings. The van der Waals surface area contributed by atoms with Gasteiger partial charge in [-0.05, 0) is 133 Å². The lowest BCUT2D eigenvalue weighted by molar-refractivity contribution is 0.472. The third-order valence-electron chi connectivity index (χ3n) is 14.9. The van der Waals surface area contributed by atoms with Gasteiger partial charge in [-0.3, -0.25) is 36.6 Å². The maximum absolute atomic E-state index is 14.6. The molecular weight excluding hydrogens is 1490 g/mol. The molecule has 2 aliphatic heterocycles. The highest BCUT2D eigenvalue weighted by molar-refractivity contribution is 7.92. The third-order valence-corrected chi connectivity index (χ3v) is 22.4. The molecule has 46 heteroatoms. The second-order valence-corrected chi connectivity index (χ2v) is 32.8. The molecule has 8 aromatic carbocycles. The minimum Gasteiger partial charge on any atom is -0.505 e. The van der Waals surface area contributed by atoms with Crippen molar-refractivity contribution in [3.8, 4) is 51.3 Å². The molecule has 0 spiro atoms. The lowest BCUT2D eigenvalue weighted by Gasteiger charge is -2.14. The molecule has 2 aliphatic rings. The van der Waals surface area contributed by atoms with Gasteiger partial charge in [-0.2, -0.15) is 64.0 Å². The maximum atomic E-state index is 14.6. The van der Waals surface area contributed by atoms with Gasteiger partial charge in [-0.1, -0.05) is 0 Å². The molecule has 0 aliphatic carbocycles. The number of nitrogens with two attached hydrogens (primary N) is 1. The number of hydrogen-bond donors (Lipinski definition) is 12. The summed E-state index contributed by atoms with van der Waals surface area (Å²) in [5, 5.41) is 25.1. The Kier molecular flexibility index (Phi) is 15.7. The number of aromatic amines is 2. The topological polar surface area (TPSA) is 631 Å². The van der Waals surface area contributed by atoms with E-state index in [0.29, 0.717) is 24.3 Å². The van der Waals surface area contributed by atoms with Crippen molar-refractivity contribution in [2.24, 2.45) is 20.5 Å². The maximum Gasteiger partial charge on any atom is 0.296 e. The van der Waals surface area contributed by atoms with Crippen molar-refractivity contribution in [3.63, 3.8) is 0 Å². The molecule has 0 unspecified atom stereocenters. The summed E-state index contributed by atoms with van der Waals surface area (Å²) in [6, 6.07) is 19.7. The number of fused-ring (bicyclic) bond motifs is 21. The molecule has 13 rings (SSSR count). The van der Waals surface area contributed by atoms with Crippen molar-refractivity contribution >= 4 is 170 Å². The fraction of sp³-hybridized carbons (Fsp3) is 0. The van der Waals surface area contributed by atoms with E-state index in [9.17, 15) is 104 Å². The Morgan fingerprint density at radius 2 is 0.760 bits per heavy atom. The number of sulfonamides is 1. The van der Waals surface area contributed by atoms with Crippen LogP contribution in [0.5, 0.6) is 5.75 Å². The van der Waals surface area contributed by atoms with Crippen molar-refractivity contribution < 1.29 is 104 Å². The summed E-state index contributed by atoms with van der Waals surface area (Å²) < 4.78 is 277. The lowest BCUT2D eigenvalue weighted by atomic mass is 10.1. The van der Waals surface area contributed by atoms with Crippen LogP contribution >= 0.6 is 0 Å². The van der Waals surface area contributed by atoms with E-state index in [-0.39, 0.29) is 89.5 Å². The van der Waals surface area contributed by atoms with Crippen molar-refractivity contribution in [1.29, 1.82) is 0 Å². The Morgan fingerprint density at radius 3 is 1.23 bits per heavy atom. The van der Waals surface area contributed by atoms with E-state index in [1.807, 2.05) is 0 Å². The number of aromatic nitrogens is 8. The zero-order valence-corrected chi connectivity index (χ0v) is 55.1. The predicted molar refractivity (Wildman–Crippen MR) is 347 cm³/mol. The number of phenols is 1. The van der Waals surface area contributed by atoms with E-state index >= 15 is 0 Å². The minimum atomic E-state index is -5.62. The van der Waals surface area contributed by atoms with Crippen LogP contribution in [0.1, 0.15) is 0 Å². The number of nitrogens with zero attached hydrogens (tertiary/aromatic N) is 10. The largest absolute Gasteiger partial charge is 0.505 e. The second kappa shape index (κ2) is 23.2. The van der Waals surface area contributed by atoms with E-state index in [1.165, 1.54) is 24.3 Å². The van der Waals surface area contributed by atoms with Crippen LogP contribution in [-0.2, 0) is 80.9 Å². The molecule has 0 atom stereocenters. The normalized spacial score (nSPS) is 13.4. The van der Waals surface area contributed by atoms with Gasteiger partial charge >= 0.3 is 0 Å². The molecule has 0 saturated carbocycles. The first-order valence-corrected chi connectivity index (χ1v) is 38.5. The van der Waals surface area contributed by atoms with Crippen molar-refractivity contribution in [1.82, 2.24) is 39.9 Å². The number of nitrogens with one attached hydrogen (secondary N) is 3. The SMILES string of the molecule is Nc1c(N=Nc2ccc(S(=O)(=O)O)cc2)c(S(=O)(=O)O)cc2cc(S(=O)(=O)O)c(N=Nc3cc(NS(=O)(=O)c4ccc5c(c4)-c4nc-5nc5[nH]c(nc6nc(nc7[nH]c(n4)c4cc(S(=O)(=O)O)ccc74)-c4cc(S(=O)(=O)O)ccc4-6)c4cc(S(=O)(=O)O)ccc54)ccc3S(=O)(=O)O)c(O)c12. The molecule has 38 nitrogen and oxygen atoms in total. The van der Waals surface area contributed by atoms with Gasteiger partial charge in [0.05, 0.1) is 46.9 Å². The average molecular weight is 1520 g/mol. The summed E-state index contributed by atoms with van der Waals surface area (Å²) in [6.45, 7) is 0. The van der Waals surface area contributed by atoms with Gasteiger partial charge in [0, 0.05) is 43.8 Å². The smallest absolute Gasteiger partial charge is 0.296 e. The third kappa shape index (κ3) is 12.6. The summed E-state index contributed by atoms with van der Waals surface area (Å²) in [7, 11) is -40.9. The Morgan fingerprint density at radius 1 is 0.360 bits per heavy atom. The van der Waals surface area contributed by atoms with Crippen LogP contribution in [0.15, 0.2) is 187 Å². The zero-order chi connectivity index (χ0) is 72.1. The minimum absolute atomic E-state index is 0.00810. The molecule has 0 saturated heterocycles. The monoisotopic (exact) mass is 1520 g/mol. The summed E-state index contributed by atoms with van der Waals surface area (Å²) in [5.41, 5.74) is 0.387. The number of rotatable bonds is 14. The lowest BCUT2D eigenvalue weighted by Crippen LogP contribution is -2.13. The molecule has 13 N–H and O–H groups in total. The van der Waals surface area contributed by atoms with Gasteiger partial charge in [-0.25, -0.2) is 38.3 Å². The van der Waals surface area contributed by atoms with Crippen molar-refractivity contribution in [2.45, 2.75) is 39.2 Å². The van der Waals surface area contributed by atoms with E-state index < -0.39 is 171 Å². The molecule has 0 amide bonds. The Bertz CT molecular complexity index is 6820. The second-order valence-electron chi connectivity index (χ2n) is 21.3. The summed E-state index contributed by atoms with van der Waals surface area (Å²) in [5.74, 6) is -2.52. The van der Waals surface area contributed by atoms with Crippen LogP contribution < -0.4 is 10.5 Å². The Balaban J connectivity index is 0.957. The molecule has 3 aromatic heterocycles. The highest BCUT2D eigenvalue weighted by Crippen LogP contribution is 2.49. The van der Waals surface area contributed by atoms with Crippen LogP contribution in [0.4, 0.5) is 34.1 Å². The molecule has 100 heavy (non-hydrogen) atoms. The molecule has 0 radical (unpaired) electrons. The van der Waals surface area contributed by atoms with Crippen LogP contribution in [0.3, 0.4) is 0 Å². The summed E-state index contributed by atoms with van der Waals surface area (Å²) in [4.78, 5) is 26.8. The number of aromatic hydroxyl groups is 1. The van der Waals surface area contributed by atoms with Crippen LogP contribution in [0.2, 0.25) is 0 Å². The highest BCUT2D eigenvalue weighted by Gasteiger charge is 2.31. The van der Waals surface area contributed by atoms with Gasteiger partial charge in [0.25, 0.3) is 80.9 Å². The van der Waals surface area contributed by atoms with Crippen molar-refractivity contribution in [3.05, 3.63) is 127 Å². The predicted octanol–water partition coefficient (Wildman–Crippen LogP) is 7.67. The number of nitrogen functional groups attached to an aromatic ring is 1. The van der Waals surface area contributed by atoms with Gasteiger partial charge in [0.2, 0.25) is 0 Å². The summed E-state index contributed by atoms with van der Waals surface area (Å²) >= 11 is 0. The zero-order valence-electron chi connectivity index (χ0n) is 48.5. The van der Waals surface area contributed by atoms with E-state index in [1.54, 1.807) is 0 Å². The highest BCUT2D eigenvalue weighted by atomic mass is 32.2. The van der Waals surface area contributed by atoms with E-state index in [4.69, 9.17) is 10.7 Å². The van der Waals surface area contributed by atoms with Crippen LogP contribution in [-0.4, -0.2) is 144 Å². The molecular formula is C54H34N14O24S8. The van der Waals surface area contributed by atoms with Gasteiger partial charge in [0.15, 0.2) is 29.0 Å². The quantitative estimate of drug-likeness (QED) is 0.0282. The molecule has 5 heterocycles. The van der Waals surface area contributed by atoms with Crippen LogP contribution in [0, 0.1) is 0 Å². The fourth-order valence-electron chi connectivity index (χ4n) is 10.5. The molecule has 8 bridgehead atoms. The Labute approximate surface area is 559 Å². The number of benzene rings is 8. The van der Waals surface area contributed by atoms with Gasteiger partial charge in [0.1, 0.15) is 54.3 Å². The van der Waals surface area contributed by atoms with Crippen molar-refractivity contribution in [2.75, 3.05) is 10.5 Å². The number of H-pyrrole nitrogens is 2. The van der Waals surface area contributed by atoms with Gasteiger partial charge < -0.3 is 20.8 Å². The molecule has 0 fully saturated rings. The summed E-state index contributed by atoms with van der Waals surface area (Å²) in [6.07, 6.45) is 0. The first-order valence-electron chi connectivity index (χ1n) is 26.9. The average Bonchev–Trinajstić information content (AvgIpc) is 1.29. The van der Waals surface area contributed by atoms with E-state index in [2.05, 4.69) is 60.1 Å². The number of anilines is 2. The van der Waals surface area contributed by atoms with Crippen LogP contribution in [0.25, 0.3) is 100 Å². The number of hydrogen-bond acceptors (Lipinski definition) is 28. The van der Waals surface area contributed by atoms with E-state index in [0.717, 1.165) is 78.9 Å². The first kappa shape index (κ1) is 67.9. The Hall–Kier alpha value is -10.7.